The lowest BCUT2D eigenvalue weighted by atomic mass is 10.1. The molecule has 0 amide bonds. The van der Waals surface area contributed by atoms with Gasteiger partial charge in [0, 0.05) is 24.4 Å². The molecular formula is C16H19NO. The summed E-state index contributed by atoms with van der Waals surface area (Å²) in [5, 5.41) is 2.46. The Morgan fingerprint density at radius 3 is 2.67 bits per heavy atom. The van der Waals surface area contributed by atoms with Gasteiger partial charge in [-0.05, 0) is 25.4 Å². The molecule has 1 heterocycles. The Kier molecular flexibility index (Phi) is 2.96. The van der Waals surface area contributed by atoms with E-state index in [2.05, 4.69) is 61.3 Å². The monoisotopic (exact) mass is 241 g/mol. The molecule has 0 spiro atoms. The standard InChI is InChI=1S/C16H19NO/c1-12-10-14(11-17(12)2)18-16-9-5-7-13-6-3-4-8-15(13)16/h3-9,12,14H,10-11H2,1-2H3. The van der Waals surface area contributed by atoms with Gasteiger partial charge < -0.3 is 4.74 Å². The number of rotatable bonds is 2. The fraction of sp³-hybridized carbons (Fsp3) is 0.375. The van der Waals surface area contributed by atoms with Crippen molar-refractivity contribution in [2.45, 2.75) is 25.5 Å². The maximum atomic E-state index is 6.19. The normalized spacial score (nSPS) is 24.6. The molecule has 0 aromatic heterocycles. The number of ether oxygens (including phenoxy) is 1. The molecule has 1 aliphatic rings. The van der Waals surface area contributed by atoms with Crippen LogP contribution in [0.4, 0.5) is 0 Å². The molecule has 2 unspecified atom stereocenters. The summed E-state index contributed by atoms with van der Waals surface area (Å²) in [7, 11) is 2.16. The van der Waals surface area contributed by atoms with Crippen LogP contribution < -0.4 is 4.74 Å². The lowest BCUT2D eigenvalue weighted by Gasteiger charge is -2.15. The van der Waals surface area contributed by atoms with Crippen LogP contribution in [-0.2, 0) is 0 Å². The van der Waals surface area contributed by atoms with Crippen molar-refractivity contribution in [3.8, 4) is 5.75 Å². The van der Waals surface area contributed by atoms with Crippen molar-refractivity contribution in [3.05, 3.63) is 42.5 Å². The second-order valence-electron chi connectivity index (χ2n) is 5.24. The van der Waals surface area contributed by atoms with Gasteiger partial charge in [-0.1, -0.05) is 36.4 Å². The number of likely N-dealkylation sites (tertiary alicyclic amines) is 1. The first-order valence-electron chi connectivity index (χ1n) is 6.58. The number of benzene rings is 2. The number of fused-ring (bicyclic) bond motifs is 1. The number of hydrogen-bond acceptors (Lipinski definition) is 2. The first-order valence-corrected chi connectivity index (χ1v) is 6.58. The van der Waals surface area contributed by atoms with Gasteiger partial charge in [0.25, 0.3) is 0 Å². The van der Waals surface area contributed by atoms with Gasteiger partial charge >= 0.3 is 0 Å². The molecule has 3 rings (SSSR count). The van der Waals surface area contributed by atoms with Gasteiger partial charge in [-0.15, -0.1) is 0 Å². The van der Waals surface area contributed by atoms with Crippen molar-refractivity contribution in [1.29, 1.82) is 0 Å². The predicted octanol–water partition coefficient (Wildman–Crippen LogP) is 3.31. The summed E-state index contributed by atoms with van der Waals surface area (Å²) < 4.78 is 6.19. The third-order valence-electron chi connectivity index (χ3n) is 3.89. The molecule has 2 nitrogen and oxygen atoms in total. The summed E-state index contributed by atoms with van der Waals surface area (Å²) in [6, 6.07) is 15.3. The summed E-state index contributed by atoms with van der Waals surface area (Å²) >= 11 is 0. The molecule has 94 valence electrons. The fourth-order valence-electron chi connectivity index (χ4n) is 2.70. The highest BCUT2D eigenvalue weighted by Crippen LogP contribution is 2.28. The van der Waals surface area contributed by atoms with Crippen molar-refractivity contribution < 1.29 is 4.74 Å². The maximum Gasteiger partial charge on any atom is 0.127 e. The highest BCUT2D eigenvalue weighted by Gasteiger charge is 2.27. The first kappa shape index (κ1) is 11.5. The van der Waals surface area contributed by atoms with E-state index in [0.717, 1.165) is 18.7 Å². The van der Waals surface area contributed by atoms with Gasteiger partial charge in [0.1, 0.15) is 11.9 Å². The first-order chi connectivity index (χ1) is 8.74. The molecule has 0 N–H and O–H groups in total. The van der Waals surface area contributed by atoms with Crippen LogP contribution in [0, 0.1) is 0 Å². The third kappa shape index (κ3) is 2.08. The van der Waals surface area contributed by atoms with Crippen LogP contribution in [-0.4, -0.2) is 30.6 Å². The van der Waals surface area contributed by atoms with Crippen LogP contribution in [0.15, 0.2) is 42.5 Å². The van der Waals surface area contributed by atoms with Crippen molar-refractivity contribution in [1.82, 2.24) is 4.90 Å². The number of hydrogen-bond donors (Lipinski definition) is 0. The van der Waals surface area contributed by atoms with Gasteiger partial charge in [0.15, 0.2) is 0 Å². The van der Waals surface area contributed by atoms with Gasteiger partial charge in [-0.2, -0.15) is 0 Å². The van der Waals surface area contributed by atoms with Crippen LogP contribution in [0.2, 0.25) is 0 Å². The van der Waals surface area contributed by atoms with Crippen molar-refractivity contribution in [2.24, 2.45) is 0 Å². The zero-order valence-electron chi connectivity index (χ0n) is 11.0. The summed E-state index contributed by atoms with van der Waals surface area (Å²) in [6.45, 7) is 3.27. The molecule has 1 aliphatic heterocycles. The largest absolute Gasteiger partial charge is 0.488 e. The van der Waals surface area contributed by atoms with Gasteiger partial charge in [-0.25, -0.2) is 0 Å². The minimum atomic E-state index is 0.316. The fourth-order valence-corrected chi connectivity index (χ4v) is 2.70. The Labute approximate surface area is 108 Å². The summed E-state index contributed by atoms with van der Waals surface area (Å²) in [5.74, 6) is 1.01. The van der Waals surface area contributed by atoms with E-state index < -0.39 is 0 Å². The van der Waals surface area contributed by atoms with E-state index in [1.165, 1.54) is 10.8 Å². The second kappa shape index (κ2) is 4.62. The SMILES string of the molecule is CC1CC(Oc2cccc3ccccc23)CN1C. The van der Waals surface area contributed by atoms with E-state index in [1.807, 2.05) is 0 Å². The highest BCUT2D eigenvalue weighted by atomic mass is 16.5. The molecule has 0 bridgehead atoms. The van der Waals surface area contributed by atoms with Gasteiger partial charge in [0.2, 0.25) is 0 Å². The lowest BCUT2D eigenvalue weighted by molar-refractivity contribution is 0.210. The minimum absolute atomic E-state index is 0.316. The molecule has 18 heavy (non-hydrogen) atoms. The molecule has 0 saturated carbocycles. The van der Waals surface area contributed by atoms with E-state index in [1.54, 1.807) is 0 Å². The smallest absolute Gasteiger partial charge is 0.127 e. The number of nitrogens with zero attached hydrogens (tertiary/aromatic N) is 1. The molecule has 2 aromatic carbocycles. The third-order valence-corrected chi connectivity index (χ3v) is 3.89. The maximum absolute atomic E-state index is 6.19. The molecular weight excluding hydrogens is 222 g/mol. The van der Waals surface area contributed by atoms with Crippen molar-refractivity contribution >= 4 is 10.8 Å². The van der Waals surface area contributed by atoms with E-state index in [4.69, 9.17) is 4.74 Å². The van der Waals surface area contributed by atoms with Crippen LogP contribution in [0.25, 0.3) is 10.8 Å². The summed E-state index contributed by atoms with van der Waals surface area (Å²) in [4.78, 5) is 2.36. The van der Waals surface area contributed by atoms with Crippen molar-refractivity contribution in [3.63, 3.8) is 0 Å². The van der Waals surface area contributed by atoms with Crippen molar-refractivity contribution in [2.75, 3.05) is 13.6 Å². The minimum Gasteiger partial charge on any atom is -0.488 e. The molecule has 2 aromatic rings. The molecule has 0 aliphatic carbocycles. The highest BCUT2D eigenvalue weighted by molar-refractivity contribution is 5.88. The zero-order chi connectivity index (χ0) is 12.5. The average molecular weight is 241 g/mol. The van der Waals surface area contributed by atoms with Crippen LogP contribution in [0.1, 0.15) is 13.3 Å². The Morgan fingerprint density at radius 1 is 1.11 bits per heavy atom. The molecule has 2 heteroatoms. The topological polar surface area (TPSA) is 12.5 Å². The van der Waals surface area contributed by atoms with E-state index >= 15 is 0 Å². The molecule has 2 atom stereocenters. The Bertz CT molecular complexity index is 536. The van der Waals surface area contributed by atoms with Gasteiger partial charge in [0.05, 0.1) is 0 Å². The molecule has 1 fully saturated rings. The summed E-state index contributed by atoms with van der Waals surface area (Å²) in [5.41, 5.74) is 0. The lowest BCUT2D eigenvalue weighted by Crippen LogP contribution is -2.23. The van der Waals surface area contributed by atoms with E-state index in [-0.39, 0.29) is 0 Å². The quantitative estimate of drug-likeness (QED) is 0.799. The summed E-state index contributed by atoms with van der Waals surface area (Å²) in [6.07, 6.45) is 1.43. The van der Waals surface area contributed by atoms with E-state index in [0.29, 0.717) is 12.1 Å². The van der Waals surface area contributed by atoms with Crippen LogP contribution in [0.5, 0.6) is 5.75 Å². The Balaban J connectivity index is 1.87. The molecule has 0 radical (unpaired) electrons. The van der Waals surface area contributed by atoms with Crippen LogP contribution in [0.3, 0.4) is 0 Å². The second-order valence-corrected chi connectivity index (χ2v) is 5.24. The zero-order valence-corrected chi connectivity index (χ0v) is 11.0. The van der Waals surface area contributed by atoms with Gasteiger partial charge in [-0.3, -0.25) is 4.90 Å². The number of likely N-dealkylation sites (N-methyl/N-ethyl adjacent to an activating group) is 1. The molecule has 1 saturated heterocycles. The van der Waals surface area contributed by atoms with Crippen LogP contribution >= 0.6 is 0 Å². The van der Waals surface area contributed by atoms with E-state index in [9.17, 15) is 0 Å². The Morgan fingerprint density at radius 2 is 1.89 bits per heavy atom. The Hall–Kier alpha value is -1.54. The predicted molar refractivity (Wildman–Crippen MR) is 75.1 cm³/mol. The average Bonchev–Trinajstić information content (AvgIpc) is 2.69.